The summed E-state index contributed by atoms with van der Waals surface area (Å²) in [5, 5.41) is 4.44. The van der Waals surface area contributed by atoms with E-state index in [1.54, 1.807) is 22.8 Å². The van der Waals surface area contributed by atoms with Crippen LogP contribution in [0.25, 0.3) is 16.9 Å². The Bertz CT molecular complexity index is 854. The SMILES string of the molecule is CC(C)c1cc(-c2ccc(C(F)F)cc2)nn2cc(C=O)nc12. The topological polar surface area (TPSA) is 47.3 Å². The molecule has 3 rings (SSSR count). The summed E-state index contributed by atoms with van der Waals surface area (Å²) in [5.74, 6) is 0.182. The number of halogens is 2. The molecule has 0 amide bonds. The Kier molecular flexibility index (Phi) is 3.90. The lowest BCUT2D eigenvalue weighted by molar-refractivity contribution is 0.111. The van der Waals surface area contributed by atoms with Gasteiger partial charge < -0.3 is 0 Å². The predicted molar refractivity (Wildman–Crippen MR) is 82.9 cm³/mol. The molecule has 0 atom stereocenters. The van der Waals surface area contributed by atoms with E-state index in [2.05, 4.69) is 10.1 Å². The maximum Gasteiger partial charge on any atom is 0.263 e. The number of imidazole rings is 1. The van der Waals surface area contributed by atoms with E-state index in [9.17, 15) is 13.6 Å². The summed E-state index contributed by atoms with van der Waals surface area (Å²) in [6.45, 7) is 4.04. The van der Waals surface area contributed by atoms with Crippen LogP contribution < -0.4 is 0 Å². The largest absolute Gasteiger partial charge is 0.296 e. The third kappa shape index (κ3) is 2.84. The van der Waals surface area contributed by atoms with E-state index in [0.717, 1.165) is 11.1 Å². The minimum atomic E-state index is -2.49. The normalized spacial score (nSPS) is 11.6. The highest BCUT2D eigenvalue weighted by Gasteiger charge is 2.14. The molecule has 0 aliphatic rings. The van der Waals surface area contributed by atoms with Gasteiger partial charge in [0.25, 0.3) is 6.43 Å². The summed E-state index contributed by atoms with van der Waals surface area (Å²) in [4.78, 5) is 15.2. The van der Waals surface area contributed by atoms with Crippen LogP contribution in [0, 0.1) is 0 Å². The van der Waals surface area contributed by atoms with Crippen LogP contribution in [0.3, 0.4) is 0 Å². The molecule has 0 N–H and O–H groups in total. The van der Waals surface area contributed by atoms with Gasteiger partial charge >= 0.3 is 0 Å². The first-order valence-corrected chi connectivity index (χ1v) is 7.23. The molecule has 0 fully saturated rings. The Morgan fingerprint density at radius 3 is 2.43 bits per heavy atom. The number of aldehydes is 1. The highest BCUT2D eigenvalue weighted by Crippen LogP contribution is 2.27. The van der Waals surface area contributed by atoms with Gasteiger partial charge in [-0.25, -0.2) is 18.3 Å². The Labute approximate surface area is 131 Å². The van der Waals surface area contributed by atoms with E-state index >= 15 is 0 Å². The van der Waals surface area contributed by atoms with Crippen molar-refractivity contribution in [1.29, 1.82) is 0 Å². The van der Waals surface area contributed by atoms with Crippen molar-refractivity contribution in [3.63, 3.8) is 0 Å². The summed E-state index contributed by atoms with van der Waals surface area (Å²) in [6.07, 6.45) is -0.254. The number of hydrogen-bond donors (Lipinski definition) is 0. The smallest absolute Gasteiger partial charge is 0.263 e. The van der Waals surface area contributed by atoms with Gasteiger partial charge in [0, 0.05) is 16.7 Å². The van der Waals surface area contributed by atoms with Gasteiger partial charge in [-0.2, -0.15) is 5.10 Å². The second kappa shape index (κ2) is 5.87. The zero-order valence-corrected chi connectivity index (χ0v) is 12.7. The lowest BCUT2D eigenvalue weighted by Gasteiger charge is -2.10. The fourth-order valence-corrected chi connectivity index (χ4v) is 2.44. The number of benzene rings is 1. The molecule has 2 heterocycles. The molecule has 0 aliphatic carbocycles. The number of nitrogens with zero attached hydrogens (tertiary/aromatic N) is 3. The molecule has 0 aliphatic heterocycles. The van der Waals surface area contributed by atoms with E-state index in [4.69, 9.17) is 0 Å². The predicted octanol–water partition coefficient (Wildman–Crippen LogP) is 4.27. The summed E-state index contributed by atoms with van der Waals surface area (Å²) in [6, 6.07) is 7.92. The average Bonchev–Trinajstić information content (AvgIpc) is 2.96. The van der Waals surface area contributed by atoms with Crippen LogP contribution in [0.2, 0.25) is 0 Å². The molecule has 4 nitrogen and oxygen atoms in total. The average molecular weight is 315 g/mol. The Balaban J connectivity index is 2.15. The molecule has 0 saturated carbocycles. The second-order valence-corrected chi connectivity index (χ2v) is 5.61. The second-order valence-electron chi connectivity index (χ2n) is 5.61. The summed E-state index contributed by atoms with van der Waals surface area (Å²) < 4.78 is 26.9. The van der Waals surface area contributed by atoms with Crippen LogP contribution in [0.5, 0.6) is 0 Å². The first kappa shape index (κ1) is 15.3. The van der Waals surface area contributed by atoms with Gasteiger partial charge in [0.15, 0.2) is 11.9 Å². The van der Waals surface area contributed by atoms with Gasteiger partial charge in [-0.3, -0.25) is 4.79 Å². The van der Waals surface area contributed by atoms with Crippen LogP contribution in [-0.2, 0) is 0 Å². The Hall–Kier alpha value is -2.63. The van der Waals surface area contributed by atoms with Gasteiger partial charge in [-0.15, -0.1) is 0 Å². The minimum absolute atomic E-state index is 0.0233. The number of rotatable bonds is 4. The fourth-order valence-electron chi connectivity index (χ4n) is 2.44. The highest BCUT2D eigenvalue weighted by atomic mass is 19.3. The first-order valence-electron chi connectivity index (χ1n) is 7.23. The van der Waals surface area contributed by atoms with Gasteiger partial charge in [0.1, 0.15) is 5.69 Å². The van der Waals surface area contributed by atoms with Crippen molar-refractivity contribution in [1.82, 2.24) is 14.6 Å². The Morgan fingerprint density at radius 1 is 1.17 bits per heavy atom. The third-order valence-electron chi connectivity index (χ3n) is 3.67. The van der Waals surface area contributed by atoms with Crippen molar-refractivity contribution in [2.75, 3.05) is 0 Å². The van der Waals surface area contributed by atoms with Crippen LogP contribution >= 0.6 is 0 Å². The minimum Gasteiger partial charge on any atom is -0.296 e. The molecule has 23 heavy (non-hydrogen) atoms. The van der Waals surface area contributed by atoms with Gasteiger partial charge in [0.05, 0.1) is 11.9 Å². The van der Waals surface area contributed by atoms with E-state index in [1.807, 2.05) is 19.9 Å². The van der Waals surface area contributed by atoms with Gasteiger partial charge in [-0.05, 0) is 12.0 Å². The molecule has 3 aromatic rings. The molecule has 0 unspecified atom stereocenters. The third-order valence-corrected chi connectivity index (χ3v) is 3.67. The number of aromatic nitrogens is 3. The molecule has 0 radical (unpaired) electrons. The quantitative estimate of drug-likeness (QED) is 0.676. The highest BCUT2D eigenvalue weighted by molar-refractivity contribution is 5.74. The molecule has 0 bridgehead atoms. The van der Waals surface area contributed by atoms with Crippen LogP contribution in [0.15, 0.2) is 36.5 Å². The summed E-state index contributed by atoms with van der Waals surface area (Å²) in [7, 11) is 0. The van der Waals surface area contributed by atoms with Gasteiger partial charge in [0.2, 0.25) is 0 Å². The van der Waals surface area contributed by atoms with Crippen molar-refractivity contribution in [3.8, 4) is 11.3 Å². The van der Waals surface area contributed by atoms with Crippen molar-refractivity contribution in [2.24, 2.45) is 0 Å². The lowest BCUT2D eigenvalue weighted by Crippen LogP contribution is -2.00. The summed E-state index contributed by atoms with van der Waals surface area (Å²) in [5.41, 5.74) is 3.25. The molecule has 0 saturated heterocycles. The number of hydrogen-bond acceptors (Lipinski definition) is 3. The van der Waals surface area contributed by atoms with Crippen LogP contribution in [-0.4, -0.2) is 20.9 Å². The van der Waals surface area contributed by atoms with Crippen LogP contribution in [0.4, 0.5) is 8.78 Å². The monoisotopic (exact) mass is 315 g/mol. The number of alkyl halides is 2. The number of fused-ring (bicyclic) bond motifs is 1. The number of carbonyl (C=O) groups is 1. The Morgan fingerprint density at radius 2 is 1.87 bits per heavy atom. The molecule has 118 valence electrons. The molecular weight excluding hydrogens is 300 g/mol. The molecule has 0 spiro atoms. The van der Waals surface area contributed by atoms with Gasteiger partial charge in [-0.1, -0.05) is 38.1 Å². The van der Waals surface area contributed by atoms with Crippen molar-refractivity contribution in [3.05, 3.63) is 53.3 Å². The van der Waals surface area contributed by atoms with Crippen molar-refractivity contribution < 1.29 is 13.6 Å². The maximum atomic E-state index is 12.7. The molecule has 6 heteroatoms. The van der Waals surface area contributed by atoms with Crippen molar-refractivity contribution >= 4 is 11.9 Å². The van der Waals surface area contributed by atoms with E-state index < -0.39 is 6.43 Å². The zero-order valence-electron chi connectivity index (χ0n) is 12.7. The van der Waals surface area contributed by atoms with E-state index in [0.29, 0.717) is 23.3 Å². The van der Waals surface area contributed by atoms with E-state index in [1.165, 1.54) is 12.1 Å². The molecule has 2 aromatic heterocycles. The standard InChI is InChI=1S/C17H15F2N3O/c1-10(2)14-7-15(11-3-5-12(6-4-11)16(18)19)21-22-8-13(9-23)20-17(14)22/h3-10,16H,1-2H3. The molecule has 1 aromatic carbocycles. The maximum absolute atomic E-state index is 12.7. The summed E-state index contributed by atoms with van der Waals surface area (Å²) >= 11 is 0. The fraction of sp³-hybridized carbons (Fsp3) is 0.235. The number of carbonyl (C=O) groups excluding carboxylic acids is 1. The zero-order chi connectivity index (χ0) is 16.6. The first-order chi connectivity index (χ1) is 11.0. The lowest BCUT2D eigenvalue weighted by atomic mass is 10.0. The molecular formula is C17H15F2N3O. The van der Waals surface area contributed by atoms with E-state index in [-0.39, 0.29) is 11.5 Å². The van der Waals surface area contributed by atoms with Crippen LogP contribution in [0.1, 0.15) is 47.8 Å². The van der Waals surface area contributed by atoms with Crippen molar-refractivity contribution in [2.45, 2.75) is 26.2 Å².